The average Bonchev–Trinajstić information content (AvgIpc) is 2.35. The Morgan fingerprint density at radius 2 is 2.06 bits per heavy atom. The van der Waals surface area contributed by atoms with Crippen LogP contribution in [-0.4, -0.2) is 50.8 Å². The highest BCUT2D eigenvalue weighted by molar-refractivity contribution is 7.13. The molecule has 0 aromatic heterocycles. The summed E-state index contributed by atoms with van der Waals surface area (Å²) in [4.78, 5) is 10.8. The molecule has 0 rings (SSSR count). The summed E-state index contributed by atoms with van der Waals surface area (Å²) >= 11 is 0. The Hall–Kier alpha value is -0.476. The molecule has 0 fully saturated rings. The van der Waals surface area contributed by atoms with Crippen LogP contribution >= 0.6 is 0 Å². The Bertz CT molecular complexity index is 221. The molecular weight excluding hydrogens is 256 g/mol. The zero-order valence-corrected chi connectivity index (χ0v) is 12.9. The molecule has 0 saturated heterocycles. The van der Waals surface area contributed by atoms with Gasteiger partial charge in [0, 0.05) is 26.9 Å². The molecule has 0 aliphatic carbocycles. The lowest BCUT2D eigenvalue weighted by Gasteiger charge is -2.19. The predicted octanol–water partition coefficient (Wildman–Crippen LogP) is 0.725. The number of carbonyl (C=O) groups is 1. The fourth-order valence-corrected chi connectivity index (χ4v) is 7.29. The van der Waals surface area contributed by atoms with Gasteiger partial charge in [0.25, 0.3) is 0 Å². The normalized spacial score (nSPS) is 12.5. The smallest absolute Gasteiger partial charge is 0.389 e. The maximum atomic E-state index is 10.8. The van der Waals surface area contributed by atoms with Crippen molar-refractivity contribution in [2.24, 2.45) is 0 Å². The molecule has 1 atom stereocenters. The fraction of sp³-hybridized carbons (Fsp3) is 0.700. The van der Waals surface area contributed by atoms with Crippen LogP contribution in [0.5, 0.6) is 0 Å². The number of carbonyl (C=O) groups excluding carboxylic acids is 1. The van der Waals surface area contributed by atoms with E-state index in [1.165, 1.54) is 0 Å². The van der Waals surface area contributed by atoms with Gasteiger partial charge in [0.2, 0.25) is 8.56 Å². The predicted molar refractivity (Wildman–Crippen MR) is 69.1 cm³/mol. The minimum absolute atomic E-state index is 0.386. The molecule has 99 valence electrons. The van der Waals surface area contributed by atoms with Crippen molar-refractivity contribution >= 4 is 23.3 Å². The molecule has 1 unspecified atom stereocenters. The highest BCUT2D eigenvalue weighted by Gasteiger charge is 2.29. The van der Waals surface area contributed by atoms with Gasteiger partial charge >= 0.3 is 14.8 Å². The number of hydrogen-bond acceptors (Lipinski definition) is 5. The summed E-state index contributed by atoms with van der Waals surface area (Å²) in [6, 6.07) is 0.883. The molecule has 0 saturated carbocycles. The summed E-state index contributed by atoms with van der Waals surface area (Å²) in [5.74, 6) is -0.386. The second-order valence-corrected chi connectivity index (χ2v) is 9.87. The number of ether oxygens (including phenoxy) is 1. The van der Waals surface area contributed by atoms with Crippen molar-refractivity contribution in [1.82, 2.24) is 0 Å². The Kier molecular flexibility index (Phi) is 10.4. The highest BCUT2D eigenvalue weighted by Crippen LogP contribution is 2.06. The van der Waals surface area contributed by atoms with E-state index in [-0.39, 0.29) is 5.97 Å². The van der Waals surface area contributed by atoms with Crippen LogP contribution in [0.1, 0.15) is 13.3 Å². The molecule has 7 heteroatoms. The summed E-state index contributed by atoms with van der Waals surface area (Å²) in [7, 11) is 0.540. The van der Waals surface area contributed by atoms with E-state index in [9.17, 15) is 4.79 Å². The van der Waals surface area contributed by atoms with E-state index in [4.69, 9.17) is 18.0 Å². The van der Waals surface area contributed by atoms with Crippen LogP contribution in [0.4, 0.5) is 0 Å². The van der Waals surface area contributed by atoms with Crippen molar-refractivity contribution in [1.29, 1.82) is 0 Å². The van der Waals surface area contributed by atoms with Crippen LogP contribution < -0.4 is 0 Å². The first-order chi connectivity index (χ1) is 8.19. The van der Waals surface area contributed by atoms with Gasteiger partial charge in [-0.1, -0.05) is 6.58 Å². The Labute approximate surface area is 106 Å². The zero-order valence-electron chi connectivity index (χ0n) is 10.7. The van der Waals surface area contributed by atoms with Gasteiger partial charge in [0.1, 0.15) is 0 Å². The standard InChI is InChI=1S/C10H21O5Si2/c1-5-10(11)14-8-7-9-16(15-6-2)17(12-3)13-4/h5,16H,1,6-9H2,2-4H3. The van der Waals surface area contributed by atoms with E-state index in [1.54, 1.807) is 14.2 Å². The summed E-state index contributed by atoms with van der Waals surface area (Å²) in [5, 5.41) is 0. The molecule has 0 aromatic carbocycles. The monoisotopic (exact) mass is 277 g/mol. The second-order valence-electron chi connectivity index (χ2n) is 3.19. The molecule has 0 amide bonds. The van der Waals surface area contributed by atoms with Crippen molar-refractivity contribution in [3.63, 3.8) is 0 Å². The van der Waals surface area contributed by atoms with Gasteiger partial charge in [0.15, 0.2) is 0 Å². The van der Waals surface area contributed by atoms with Crippen LogP contribution in [0, 0.1) is 0 Å². The first kappa shape index (κ1) is 16.5. The van der Waals surface area contributed by atoms with E-state index < -0.39 is 17.4 Å². The Morgan fingerprint density at radius 3 is 2.53 bits per heavy atom. The third-order valence-corrected chi connectivity index (χ3v) is 9.41. The van der Waals surface area contributed by atoms with Crippen molar-refractivity contribution in [3.8, 4) is 0 Å². The van der Waals surface area contributed by atoms with Gasteiger partial charge in [-0.2, -0.15) is 0 Å². The SMILES string of the molecule is C=CC(=O)OCCC[SiH](OCC)[Si](OC)OC. The third kappa shape index (κ3) is 7.45. The van der Waals surface area contributed by atoms with Crippen LogP contribution in [0.25, 0.3) is 0 Å². The minimum atomic E-state index is -1.48. The lowest BCUT2D eigenvalue weighted by Crippen LogP contribution is -2.42. The summed E-state index contributed by atoms with van der Waals surface area (Å²) < 4.78 is 21.2. The molecule has 0 bridgehead atoms. The molecule has 0 aliphatic heterocycles. The molecule has 17 heavy (non-hydrogen) atoms. The molecule has 0 spiro atoms. The lowest BCUT2D eigenvalue weighted by atomic mass is 10.5. The second kappa shape index (κ2) is 10.7. The van der Waals surface area contributed by atoms with Gasteiger partial charge in [0.05, 0.1) is 6.61 Å². The topological polar surface area (TPSA) is 54.0 Å². The van der Waals surface area contributed by atoms with Crippen LogP contribution in [0.3, 0.4) is 0 Å². The van der Waals surface area contributed by atoms with Gasteiger partial charge in [-0.05, 0) is 19.4 Å². The van der Waals surface area contributed by atoms with Crippen LogP contribution in [0.15, 0.2) is 12.7 Å². The summed E-state index contributed by atoms with van der Waals surface area (Å²) in [5.41, 5.74) is 0. The summed E-state index contributed by atoms with van der Waals surface area (Å²) in [6.07, 6.45) is 1.94. The number of rotatable bonds is 10. The van der Waals surface area contributed by atoms with Crippen LogP contribution in [-0.2, 0) is 22.8 Å². The van der Waals surface area contributed by atoms with E-state index in [0.29, 0.717) is 13.2 Å². The van der Waals surface area contributed by atoms with Crippen LogP contribution in [0.2, 0.25) is 6.04 Å². The quantitative estimate of drug-likeness (QED) is 0.255. The molecule has 5 nitrogen and oxygen atoms in total. The lowest BCUT2D eigenvalue weighted by molar-refractivity contribution is -0.137. The number of hydrogen-bond donors (Lipinski definition) is 0. The zero-order chi connectivity index (χ0) is 13.1. The van der Waals surface area contributed by atoms with Crippen molar-refractivity contribution in [2.45, 2.75) is 19.4 Å². The van der Waals surface area contributed by atoms with Gasteiger partial charge in [-0.3, -0.25) is 0 Å². The van der Waals surface area contributed by atoms with E-state index in [1.807, 2.05) is 6.92 Å². The maximum absolute atomic E-state index is 10.8. The van der Waals surface area contributed by atoms with Crippen molar-refractivity contribution in [2.75, 3.05) is 27.4 Å². The first-order valence-electron chi connectivity index (χ1n) is 5.55. The van der Waals surface area contributed by atoms with E-state index >= 15 is 0 Å². The molecule has 0 heterocycles. The Balaban J connectivity index is 3.91. The van der Waals surface area contributed by atoms with Crippen molar-refractivity contribution in [3.05, 3.63) is 12.7 Å². The molecule has 0 N–H and O–H groups in total. The maximum Gasteiger partial charge on any atom is 0.389 e. The average molecular weight is 277 g/mol. The summed E-state index contributed by atoms with van der Waals surface area (Å²) in [6.45, 7) is 6.36. The van der Waals surface area contributed by atoms with Gasteiger partial charge in [-0.15, -0.1) is 0 Å². The molecular formula is C10H21O5Si2. The molecule has 0 aromatic rings. The third-order valence-electron chi connectivity index (χ3n) is 2.05. The van der Waals surface area contributed by atoms with Crippen molar-refractivity contribution < 1.29 is 22.8 Å². The number of esters is 1. The van der Waals surface area contributed by atoms with Gasteiger partial charge < -0.3 is 18.0 Å². The molecule has 0 aliphatic rings. The molecule has 1 radical (unpaired) electrons. The van der Waals surface area contributed by atoms with Gasteiger partial charge in [-0.25, -0.2) is 4.79 Å². The Morgan fingerprint density at radius 1 is 1.41 bits per heavy atom. The fourth-order valence-electron chi connectivity index (χ4n) is 1.32. The van der Waals surface area contributed by atoms with E-state index in [0.717, 1.165) is 18.5 Å². The van der Waals surface area contributed by atoms with E-state index in [2.05, 4.69) is 6.58 Å². The largest absolute Gasteiger partial charge is 0.463 e. The highest BCUT2D eigenvalue weighted by atomic mass is 29.2. The first-order valence-corrected chi connectivity index (χ1v) is 9.96. The minimum Gasteiger partial charge on any atom is -0.463 e.